The number of benzene rings is 2. The number of amides is 2. The summed E-state index contributed by atoms with van der Waals surface area (Å²) >= 11 is 1.67. The Morgan fingerprint density at radius 2 is 1.91 bits per heavy atom. The summed E-state index contributed by atoms with van der Waals surface area (Å²) in [5.41, 5.74) is 8.47. The molecule has 0 saturated heterocycles. The summed E-state index contributed by atoms with van der Waals surface area (Å²) in [6.45, 7) is 7.43. The first-order valence-corrected chi connectivity index (χ1v) is 12.6. The van der Waals surface area contributed by atoms with E-state index in [0.29, 0.717) is 19.5 Å². The van der Waals surface area contributed by atoms with Crippen LogP contribution in [0, 0.1) is 13.8 Å². The highest BCUT2D eigenvalue weighted by Gasteiger charge is 2.27. The van der Waals surface area contributed by atoms with E-state index < -0.39 is 0 Å². The monoisotopic (exact) mass is 468 g/mol. The van der Waals surface area contributed by atoms with E-state index in [0.717, 1.165) is 50.9 Å². The molecule has 1 aliphatic rings. The van der Waals surface area contributed by atoms with Gasteiger partial charge in [-0.2, -0.15) is 0 Å². The van der Waals surface area contributed by atoms with Crippen molar-refractivity contribution in [3.8, 4) is 22.0 Å². The molecule has 2 aromatic carbocycles. The van der Waals surface area contributed by atoms with Gasteiger partial charge in [0.25, 0.3) is 0 Å². The van der Waals surface area contributed by atoms with Crippen LogP contribution in [-0.2, 0) is 19.4 Å². The number of hydrogen-bond acceptors (Lipinski definition) is 4. The van der Waals surface area contributed by atoms with Crippen LogP contribution in [-0.4, -0.2) is 27.4 Å². The molecule has 2 aromatic heterocycles. The summed E-state index contributed by atoms with van der Waals surface area (Å²) in [6.07, 6.45) is 1.64. The van der Waals surface area contributed by atoms with E-state index in [1.165, 1.54) is 11.1 Å². The zero-order chi connectivity index (χ0) is 23.7. The fraction of sp³-hybridized carbons (Fsp3) is 0.250. The number of carbonyl (C=O) groups is 1. The van der Waals surface area contributed by atoms with E-state index >= 15 is 0 Å². The number of carbonyl (C=O) groups excluding carboxylic acids is 1. The van der Waals surface area contributed by atoms with Crippen LogP contribution >= 0.6 is 11.3 Å². The predicted octanol–water partition coefficient (Wildman–Crippen LogP) is 6.64. The third-order valence-electron chi connectivity index (χ3n) is 6.40. The summed E-state index contributed by atoms with van der Waals surface area (Å²) in [5.74, 6) is 0.777. The smallest absolute Gasteiger partial charge is 0.320 e. The SMILES string of the molecule is CCc1cccc(NC(=O)N2CCc3nc(-c4sccc4C)nc(-c4ccccc4C)c3C2)c1. The molecule has 0 radical (unpaired) electrons. The molecule has 2 amide bonds. The third-order valence-corrected chi connectivity index (χ3v) is 7.41. The van der Waals surface area contributed by atoms with Crippen molar-refractivity contribution in [3.05, 3.63) is 87.9 Å². The number of aryl methyl sites for hydroxylation is 3. The van der Waals surface area contributed by atoms with Gasteiger partial charge in [0.05, 0.1) is 22.8 Å². The second-order valence-electron chi connectivity index (χ2n) is 8.72. The van der Waals surface area contributed by atoms with Gasteiger partial charge < -0.3 is 10.2 Å². The Bertz CT molecular complexity index is 1360. The number of anilines is 1. The van der Waals surface area contributed by atoms with Gasteiger partial charge in [-0.1, -0.05) is 43.3 Å². The van der Waals surface area contributed by atoms with Crippen molar-refractivity contribution in [2.75, 3.05) is 11.9 Å². The fourth-order valence-corrected chi connectivity index (χ4v) is 5.28. The Kier molecular flexibility index (Phi) is 6.16. The molecule has 0 saturated carbocycles. The first-order valence-electron chi connectivity index (χ1n) is 11.7. The van der Waals surface area contributed by atoms with Gasteiger partial charge in [-0.05, 0) is 60.5 Å². The second-order valence-corrected chi connectivity index (χ2v) is 9.64. The Morgan fingerprint density at radius 1 is 1.06 bits per heavy atom. The van der Waals surface area contributed by atoms with Gasteiger partial charge in [0, 0.05) is 29.8 Å². The summed E-state index contributed by atoms with van der Waals surface area (Å²) in [7, 11) is 0. The van der Waals surface area contributed by atoms with Crippen LogP contribution in [0.2, 0.25) is 0 Å². The summed E-state index contributed by atoms with van der Waals surface area (Å²) in [6, 6.07) is 18.3. The minimum absolute atomic E-state index is 0.0900. The van der Waals surface area contributed by atoms with Crippen molar-refractivity contribution < 1.29 is 4.79 Å². The molecule has 6 heteroatoms. The maximum Gasteiger partial charge on any atom is 0.322 e. The lowest BCUT2D eigenvalue weighted by Gasteiger charge is -2.30. The van der Waals surface area contributed by atoms with Crippen LogP contribution in [0.15, 0.2) is 60.0 Å². The highest BCUT2D eigenvalue weighted by atomic mass is 32.1. The number of fused-ring (bicyclic) bond motifs is 1. The fourth-order valence-electron chi connectivity index (χ4n) is 4.42. The predicted molar refractivity (Wildman–Crippen MR) is 139 cm³/mol. The van der Waals surface area contributed by atoms with Gasteiger partial charge in [-0.25, -0.2) is 14.8 Å². The van der Waals surface area contributed by atoms with Crippen molar-refractivity contribution >= 4 is 23.1 Å². The molecule has 1 aliphatic heterocycles. The van der Waals surface area contributed by atoms with Crippen molar-refractivity contribution in [1.29, 1.82) is 0 Å². The van der Waals surface area contributed by atoms with Crippen LogP contribution in [0.25, 0.3) is 22.0 Å². The molecule has 3 heterocycles. The third kappa shape index (κ3) is 4.33. The summed E-state index contributed by atoms with van der Waals surface area (Å²) < 4.78 is 0. The molecule has 5 nitrogen and oxygen atoms in total. The molecule has 5 rings (SSSR count). The first-order chi connectivity index (χ1) is 16.5. The largest absolute Gasteiger partial charge is 0.322 e. The number of aromatic nitrogens is 2. The van der Waals surface area contributed by atoms with E-state index in [2.05, 4.69) is 55.7 Å². The number of hydrogen-bond donors (Lipinski definition) is 1. The number of thiophene rings is 1. The minimum Gasteiger partial charge on any atom is -0.320 e. The van der Waals surface area contributed by atoms with Crippen LogP contribution in [0.4, 0.5) is 10.5 Å². The standard InChI is InChI=1S/C28H28N4OS/c1-4-20-9-7-10-21(16-20)29-28(33)32-14-12-24-23(17-32)25(22-11-6-5-8-18(22)2)31-27(30-24)26-19(3)13-15-34-26/h5-11,13,15-16H,4,12,14,17H2,1-3H3,(H,29,33). The highest BCUT2D eigenvalue weighted by Crippen LogP contribution is 2.34. The molecule has 4 aromatic rings. The molecule has 172 valence electrons. The molecule has 0 bridgehead atoms. The van der Waals surface area contributed by atoms with Crippen molar-refractivity contribution in [3.63, 3.8) is 0 Å². The van der Waals surface area contributed by atoms with Gasteiger partial charge in [0.15, 0.2) is 5.82 Å². The normalized spacial score (nSPS) is 13.0. The van der Waals surface area contributed by atoms with Gasteiger partial charge in [0.2, 0.25) is 0 Å². The number of nitrogens with one attached hydrogen (secondary N) is 1. The zero-order valence-corrected chi connectivity index (χ0v) is 20.6. The second kappa shape index (κ2) is 9.39. The van der Waals surface area contributed by atoms with Crippen molar-refractivity contribution in [2.24, 2.45) is 0 Å². The van der Waals surface area contributed by atoms with Gasteiger partial charge in [-0.15, -0.1) is 11.3 Å². The summed E-state index contributed by atoms with van der Waals surface area (Å²) in [4.78, 5) is 26.2. The average molecular weight is 469 g/mol. The Morgan fingerprint density at radius 3 is 2.68 bits per heavy atom. The average Bonchev–Trinajstić information content (AvgIpc) is 3.29. The molecule has 0 fully saturated rings. The zero-order valence-electron chi connectivity index (χ0n) is 19.8. The topological polar surface area (TPSA) is 58.1 Å². The van der Waals surface area contributed by atoms with Crippen LogP contribution in [0.3, 0.4) is 0 Å². The van der Waals surface area contributed by atoms with Crippen molar-refractivity contribution in [2.45, 2.75) is 40.2 Å². The molecular formula is C28H28N4OS. The molecule has 34 heavy (non-hydrogen) atoms. The van der Waals surface area contributed by atoms with Gasteiger partial charge in [0.1, 0.15) is 0 Å². The van der Waals surface area contributed by atoms with Gasteiger partial charge >= 0.3 is 6.03 Å². The lowest BCUT2D eigenvalue weighted by atomic mass is 9.96. The molecule has 0 atom stereocenters. The van der Waals surface area contributed by atoms with E-state index in [1.807, 2.05) is 35.2 Å². The highest BCUT2D eigenvalue weighted by molar-refractivity contribution is 7.13. The molecular weight excluding hydrogens is 440 g/mol. The molecule has 0 aliphatic carbocycles. The van der Waals surface area contributed by atoms with Gasteiger partial charge in [-0.3, -0.25) is 0 Å². The van der Waals surface area contributed by atoms with Crippen LogP contribution in [0.5, 0.6) is 0 Å². The van der Waals surface area contributed by atoms with E-state index in [-0.39, 0.29) is 6.03 Å². The lowest BCUT2D eigenvalue weighted by Crippen LogP contribution is -2.39. The maximum atomic E-state index is 13.2. The quantitative estimate of drug-likeness (QED) is 0.365. The molecule has 0 spiro atoms. The van der Waals surface area contributed by atoms with E-state index in [1.54, 1.807) is 11.3 Å². The first kappa shape index (κ1) is 22.3. The summed E-state index contributed by atoms with van der Waals surface area (Å²) in [5, 5.41) is 5.16. The lowest BCUT2D eigenvalue weighted by molar-refractivity contribution is 0.206. The van der Waals surface area contributed by atoms with E-state index in [4.69, 9.17) is 9.97 Å². The van der Waals surface area contributed by atoms with Crippen LogP contribution < -0.4 is 5.32 Å². The van der Waals surface area contributed by atoms with Crippen molar-refractivity contribution in [1.82, 2.24) is 14.9 Å². The van der Waals surface area contributed by atoms with Crippen LogP contribution in [0.1, 0.15) is 34.9 Å². The van der Waals surface area contributed by atoms with E-state index in [9.17, 15) is 4.79 Å². The Labute approximate surface area is 204 Å². The maximum absolute atomic E-state index is 13.2. The Balaban J connectivity index is 1.51. The minimum atomic E-state index is -0.0900. The molecule has 1 N–H and O–H groups in total. The number of rotatable bonds is 4. The number of urea groups is 1. The Hall–Kier alpha value is -3.51. The number of nitrogens with zero attached hydrogens (tertiary/aromatic N) is 3. The molecule has 0 unspecified atom stereocenters.